The Hall–Kier alpha value is -0.170. The van der Waals surface area contributed by atoms with Gasteiger partial charge >= 0.3 is 0 Å². The van der Waals surface area contributed by atoms with Crippen LogP contribution in [0.1, 0.15) is 33.6 Å². The minimum Gasteiger partial charge on any atom is -0.330 e. The van der Waals surface area contributed by atoms with Crippen LogP contribution in [0.5, 0.6) is 0 Å². The predicted molar refractivity (Wildman–Crippen MR) is 58.1 cm³/mol. The van der Waals surface area contributed by atoms with E-state index in [1.54, 1.807) is 0 Å². The van der Waals surface area contributed by atoms with E-state index in [1.807, 2.05) is 20.8 Å². The summed E-state index contributed by atoms with van der Waals surface area (Å²) >= 11 is 0. The summed E-state index contributed by atoms with van der Waals surface area (Å²) in [6, 6.07) is 0. The van der Waals surface area contributed by atoms with Gasteiger partial charge in [-0.05, 0) is 33.2 Å². The summed E-state index contributed by atoms with van der Waals surface area (Å²) in [5, 5.41) is 0. The SMILES string of the molecule is CCCNS(=O)(=O)NC(C)(C)CCN. The second-order valence-corrected chi connectivity index (χ2v) is 5.42. The lowest BCUT2D eigenvalue weighted by Crippen LogP contribution is -2.49. The van der Waals surface area contributed by atoms with E-state index in [4.69, 9.17) is 5.73 Å². The molecule has 0 atom stereocenters. The molecule has 0 aliphatic carbocycles. The fraction of sp³-hybridized carbons (Fsp3) is 1.00. The van der Waals surface area contributed by atoms with Crippen molar-refractivity contribution in [3.63, 3.8) is 0 Å². The molecule has 5 nitrogen and oxygen atoms in total. The molecular weight excluding hydrogens is 202 g/mol. The summed E-state index contributed by atoms with van der Waals surface area (Å²) in [4.78, 5) is 0. The maximum atomic E-state index is 11.4. The van der Waals surface area contributed by atoms with E-state index >= 15 is 0 Å². The van der Waals surface area contributed by atoms with Gasteiger partial charge in [0.2, 0.25) is 0 Å². The van der Waals surface area contributed by atoms with Gasteiger partial charge in [0.1, 0.15) is 0 Å². The molecule has 0 aromatic carbocycles. The van der Waals surface area contributed by atoms with Gasteiger partial charge in [-0.3, -0.25) is 0 Å². The van der Waals surface area contributed by atoms with Gasteiger partial charge in [-0.15, -0.1) is 0 Å². The lowest BCUT2D eigenvalue weighted by atomic mass is 10.0. The van der Waals surface area contributed by atoms with Crippen molar-refractivity contribution in [2.75, 3.05) is 13.1 Å². The van der Waals surface area contributed by atoms with E-state index < -0.39 is 15.7 Å². The van der Waals surface area contributed by atoms with Crippen molar-refractivity contribution in [2.45, 2.75) is 39.2 Å². The minimum absolute atomic E-state index is 0.452. The average Bonchev–Trinajstić information content (AvgIpc) is 1.98. The second kappa shape index (κ2) is 5.65. The summed E-state index contributed by atoms with van der Waals surface area (Å²) in [7, 11) is -3.38. The molecule has 0 spiro atoms. The van der Waals surface area contributed by atoms with E-state index in [0.29, 0.717) is 19.5 Å². The third kappa shape index (κ3) is 6.31. The fourth-order valence-electron chi connectivity index (χ4n) is 1.05. The topological polar surface area (TPSA) is 84.2 Å². The van der Waals surface area contributed by atoms with Crippen LogP contribution in [-0.4, -0.2) is 27.0 Å². The lowest BCUT2D eigenvalue weighted by Gasteiger charge is -2.25. The molecule has 0 unspecified atom stereocenters. The van der Waals surface area contributed by atoms with E-state index in [2.05, 4.69) is 9.44 Å². The highest BCUT2D eigenvalue weighted by atomic mass is 32.2. The molecule has 0 aliphatic heterocycles. The Bertz CT molecular complexity index is 249. The minimum atomic E-state index is -3.38. The van der Waals surface area contributed by atoms with Crippen LogP contribution in [0.4, 0.5) is 0 Å². The molecule has 0 aliphatic rings. The van der Waals surface area contributed by atoms with Crippen LogP contribution in [0.15, 0.2) is 0 Å². The van der Waals surface area contributed by atoms with Crippen molar-refractivity contribution < 1.29 is 8.42 Å². The third-order valence-electron chi connectivity index (χ3n) is 1.72. The van der Waals surface area contributed by atoms with Crippen molar-refractivity contribution in [1.29, 1.82) is 0 Å². The fourth-order valence-corrected chi connectivity index (χ4v) is 2.42. The van der Waals surface area contributed by atoms with Crippen LogP contribution in [0, 0.1) is 0 Å². The molecule has 4 N–H and O–H groups in total. The smallest absolute Gasteiger partial charge is 0.277 e. The Labute approximate surface area is 86.6 Å². The summed E-state index contributed by atoms with van der Waals surface area (Å²) in [5.41, 5.74) is 4.89. The quantitative estimate of drug-likeness (QED) is 0.565. The maximum Gasteiger partial charge on any atom is 0.277 e. The molecule has 0 saturated heterocycles. The monoisotopic (exact) mass is 223 g/mol. The van der Waals surface area contributed by atoms with E-state index in [0.717, 1.165) is 6.42 Å². The van der Waals surface area contributed by atoms with Gasteiger partial charge in [0, 0.05) is 12.1 Å². The molecule has 0 aromatic rings. The predicted octanol–water partition coefficient (Wildman–Crippen LogP) is -0.0522. The Morgan fingerprint density at radius 1 is 1.36 bits per heavy atom. The first-order valence-electron chi connectivity index (χ1n) is 4.81. The molecule has 0 amide bonds. The van der Waals surface area contributed by atoms with Gasteiger partial charge in [-0.1, -0.05) is 6.92 Å². The molecule has 6 heteroatoms. The zero-order valence-corrected chi connectivity index (χ0v) is 9.95. The van der Waals surface area contributed by atoms with Gasteiger partial charge in [0.05, 0.1) is 0 Å². The first kappa shape index (κ1) is 13.8. The third-order valence-corrected chi connectivity index (χ3v) is 3.13. The Balaban J connectivity index is 4.20. The van der Waals surface area contributed by atoms with Crippen molar-refractivity contribution in [1.82, 2.24) is 9.44 Å². The largest absolute Gasteiger partial charge is 0.330 e. The van der Waals surface area contributed by atoms with E-state index in [9.17, 15) is 8.42 Å². The number of hydrogen-bond acceptors (Lipinski definition) is 3. The molecule has 0 heterocycles. The van der Waals surface area contributed by atoms with Gasteiger partial charge in [-0.2, -0.15) is 13.1 Å². The van der Waals surface area contributed by atoms with Crippen LogP contribution >= 0.6 is 0 Å². The van der Waals surface area contributed by atoms with E-state index in [1.165, 1.54) is 0 Å². The van der Waals surface area contributed by atoms with Crippen LogP contribution in [-0.2, 0) is 10.2 Å². The number of rotatable bonds is 7. The van der Waals surface area contributed by atoms with Crippen molar-refractivity contribution in [3.8, 4) is 0 Å². The molecule has 0 saturated carbocycles. The summed E-state index contributed by atoms with van der Waals surface area (Å²) in [5.74, 6) is 0. The van der Waals surface area contributed by atoms with Crippen LogP contribution in [0.25, 0.3) is 0 Å². The van der Waals surface area contributed by atoms with Crippen LogP contribution in [0.2, 0.25) is 0 Å². The van der Waals surface area contributed by atoms with E-state index in [-0.39, 0.29) is 0 Å². The average molecular weight is 223 g/mol. The Kier molecular flexibility index (Phi) is 5.58. The first-order valence-corrected chi connectivity index (χ1v) is 6.30. The second-order valence-electron chi connectivity index (χ2n) is 3.92. The number of hydrogen-bond donors (Lipinski definition) is 3. The van der Waals surface area contributed by atoms with Crippen molar-refractivity contribution in [3.05, 3.63) is 0 Å². The lowest BCUT2D eigenvalue weighted by molar-refractivity contribution is 0.424. The summed E-state index contributed by atoms with van der Waals surface area (Å²) < 4.78 is 27.8. The highest BCUT2D eigenvalue weighted by Gasteiger charge is 2.23. The number of nitrogens with two attached hydrogens (primary N) is 1. The molecule has 0 radical (unpaired) electrons. The molecule has 0 fully saturated rings. The van der Waals surface area contributed by atoms with Crippen molar-refractivity contribution in [2.24, 2.45) is 5.73 Å². The highest BCUT2D eigenvalue weighted by molar-refractivity contribution is 7.87. The van der Waals surface area contributed by atoms with Gasteiger partial charge in [0.25, 0.3) is 10.2 Å². The van der Waals surface area contributed by atoms with Crippen LogP contribution in [0.3, 0.4) is 0 Å². The Morgan fingerprint density at radius 3 is 2.36 bits per heavy atom. The normalized spacial score (nSPS) is 13.1. The first-order chi connectivity index (χ1) is 6.33. The molecule has 14 heavy (non-hydrogen) atoms. The molecule has 0 aromatic heterocycles. The summed E-state index contributed by atoms with van der Waals surface area (Å²) in [6.07, 6.45) is 1.39. The standard InChI is InChI=1S/C8H21N3O2S/c1-4-7-10-14(12,13)11-8(2,3)5-6-9/h10-11H,4-7,9H2,1-3H3. The molecule has 86 valence electrons. The zero-order valence-electron chi connectivity index (χ0n) is 9.13. The zero-order chi connectivity index (χ0) is 11.2. The van der Waals surface area contributed by atoms with Gasteiger partial charge in [0.15, 0.2) is 0 Å². The molecule has 0 rings (SSSR count). The molecular formula is C8H21N3O2S. The van der Waals surface area contributed by atoms with Gasteiger partial charge in [-0.25, -0.2) is 4.72 Å². The van der Waals surface area contributed by atoms with Crippen LogP contribution < -0.4 is 15.2 Å². The van der Waals surface area contributed by atoms with Gasteiger partial charge < -0.3 is 5.73 Å². The number of nitrogens with one attached hydrogen (secondary N) is 2. The molecule has 0 bridgehead atoms. The van der Waals surface area contributed by atoms with Crippen molar-refractivity contribution >= 4 is 10.2 Å². The Morgan fingerprint density at radius 2 is 1.93 bits per heavy atom. The summed E-state index contributed by atoms with van der Waals surface area (Å²) in [6.45, 7) is 6.45. The highest BCUT2D eigenvalue weighted by Crippen LogP contribution is 2.07. The maximum absolute atomic E-state index is 11.4.